The zero-order valence-electron chi connectivity index (χ0n) is 11.2. The van der Waals surface area contributed by atoms with Crippen LogP contribution in [0.3, 0.4) is 0 Å². The van der Waals surface area contributed by atoms with Gasteiger partial charge in [-0.3, -0.25) is 0 Å². The number of ether oxygens (including phenoxy) is 1. The third-order valence-corrected chi connectivity index (χ3v) is 4.20. The maximum absolute atomic E-state index is 6.26. The smallest absolute Gasteiger partial charge is 0.121 e. The van der Waals surface area contributed by atoms with Crippen molar-refractivity contribution < 1.29 is 4.74 Å². The maximum Gasteiger partial charge on any atom is 0.121 e. The third-order valence-electron chi connectivity index (χ3n) is 3.53. The zero-order chi connectivity index (χ0) is 13.0. The van der Waals surface area contributed by atoms with Crippen LogP contribution in [0.5, 0.6) is 5.75 Å². The SMILES string of the molecule is CC(C)NCCC1(Oc2cccc(I)c2)CCC1. The summed E-state index contributed by atoms with van der Waals surface area (Å²) in [6, 6.07) is 8.91. The Morgan fingerprint density at radius 3 is 2.72 bits per heavy atom. The van der Waals surface area contributed by atoms with Crippen LogP contribution in [0.25, 0.3) is 0 Å². The molecule has 1 saturated carbocycles. The van der Waals surface area contributed by atoms with Crippen LogP contribution >= 0.6 is 22.6 Å². The van der Waals surface area contributed by atoms with Gasteiger partial charge in [-0.2, -0.15) is 0 Å². The molecule has 0 unspecified atom stereocenters. The average molecular weight is 359 g/mol. The zero-order valence-corrected chi connectivity index (χ0v) is 13.4. The molecule has 0 heterocycles. The summed E-state index contributed by atoms with van der Waals surface area (Å²) >= 11 is 2.33. The second-order valence-corrected chi connectivity index (χ2v) is 6.70. The van der Waals surface area contributed by atoms with Crippen molar-refractivity contribution in [3.63, 3.8) is 0 Å². The van der Waals surface area contributed by atoms with Gasteiger partial charge in [0.1, 0.15) is 11.4 Å². The lowest BCUT2D eigenvalue weighted by molar-refractivity contribution is -0.0145. The molecule has 1 fully saturated rings. The number of hydrogen-bond acceptors (Lipinski definition) is 2. The summed E-state index contributed by atoms with van der Waals surface area (Å²) in [6.45, 7) is 5.42. The van der Waals surface area contributed by atoms with Crippen LogP contribution in [0.15, 0.2) is 24.3 Å². The van der Waals surface area contributed by atoms with E-state index >= 15 is 0 Å². The first kappa shape index (κ1) is 14.1. The highest BCUT2D eigenvalue weighted by Gasteiger charge is 2.38. The van der Waals surface area contributed by atoms with E-state index in [1.165, 1.54) is 22.8 Å². The largest absolute Gasteiger partial charge is 0.487 e. The Bertz CT molecular complexity index is 388. The van der Waals surface area contributed by atoms with E-state index in [0.29, 0.717) is 6.04 Å². The van der Waals surface area contributed by atoms with Crippen LogP contribution < -0.4 is 10.1 Å². The Balaban J connectivity index is 1.91. The van der Waals surface area contributed by atoms with Crippen LogP contribution in [-0.4, -0.2) is 18.2 Å². The molecule has 1 aliphatic rings. The number of nitrogens with one attached hydrogen (secondary N) is 1. The van der Waals surface area contributed by atoms with Crippen LogP contribution in [0, 0.1) is 3.57 Å². The number of benzene rings is 1. The molecule has 1 aliphatic carbocycles. The molecule has 100 valence electrons. The van der Waals surface area contributed by atoms with Crippen molar-refractivity contribution in [1.82, 2.24) is 5.32 Å². The van der Waals surface area contributed by atoms with Gasteiger partial charge in [-0.1, -0.05) is 19.9 Å². The van der Waals surface area contributed by atoms with Gasteiger partial charge in [-0.05, 0) is 73.0 Å². The van der Waals surface area contributed by atoms with Crippen LogP contribution in [0.4, 0.5) is 0 Å². The lowest BCUT2D eigenvalue weighted by Gasteiger charge is -2.42. The molecule has 2 rings (SSSR count). The monoisotopic (exact) mass is 359 g/mol. The summed E-state index contributed by atoms with van der Waals surface area (Å²) < 4.78 is 7.49. The molecule has 18 heavy (non-hydrogen) atoms. The highest BCUT2D eigenvalue weighted by atomic mass is 127. The molecule has 0 amide bonds. The molecule has 0 aliphatic heterocycles. The molecule has 3 heteroatoms. The summed E-state index contributed by atoms with van der Waals surface area (Å²) in [6.07, 6.45) is 4.79. The summed E-state index contributed by atoms with van der Waals surface area (Å²) in [4.78, 5) is 0. The fraction of sp³-hybridized carbons (Fsp3) is 0.600. The van der Waals surface area contributed by atoms with E-state index in [9.17, 15) is 0 Å². The van der Waals surface area contributed by atoms with Gasteiger partial charge >= 0.3 is 0 Å². The summed E-state index contributed by atoms with van der Waals surface area (Å²) in [5.41, 5.74) is 0.0896. The molecule has 0 aromatic heterocycles. The Hall–Kier alpha value is -0.290. The van der Waals surface area contributed by atoms with E-state index in [4.69, 9.17) is 4.74 Å². The lowest BCUT2D eigenvalue weighted by atomic mass is 9.77. The van der Waals surface area contributed by atoms with Crippen LogP contribution in [0.1, 0.15) is 39.5 Å². The number of hydrogen-bond donors (Lipinski definition) is 1. The summed E-state index contributed by atoms with van der Waals surface area (Å²) in [5, 5.41) is 3.49. The molecule has 1 aromatic rings. The van der Waals surface area contributed by atoms with Gasteiger partial charge in [-0.25, -0.2) is 0 Å². The normalized spacial score (nSPS) is 17.6. The Kier molecular flexibility index (Phi) is 4.90. The van der Waals surface area contributed by atoms with Crippen molar-refractivity contribution >= 4 is 22.6 Å². The summed E-state index contributed by atoms with van der Waals surface area (Å²) in [7, 11) is 0. The predicted molar refractivity (Wildman–Crippen MR) is 84.1 cm³/mol. The quantitative estimate of drug-likeness (QED) is 0.776. The van der Waals surface area contributed by atoms with Crippen molar-refractivity contribution in [1.29, 1.82) is 0 Å². The van der Waals surface area contributed by atoms with Crippen molar-refractivity contribution in [3.05, 3.63) is 27.8 Å². The van der Waals surface area contributed by atoms with Crippen LogP contribution in [-0.2, 0) is 0 Å². The molecule has 0 atom stereocenters. The molecule has 0 saturated heterocycles. The van der Waals surface area contributed by atoms with E-state index in [1.807, 2.05) is 0 Å². The number of halogens is 1. The first-order valence-electron chi connectivity index (χ1n) is 6.78. The minimum absolute atomic E-state index is 0.0896. The Morgan fingerprint density at radius 2 is 2.17 bits per heavy atom. The van der Waals surface area contributed by atoms with E-state index in [1.54, 1.807) is 0 Å². The highest BCUT2D eigenvalue weighted by molar-refractivity contribution is 14.1. The van der Waals surface area contributed by atoms with E-state index in [-0.39, 0.29) is 5.60 Å². The van der Waals surface area contributed by atoms with Crippen LogP contribution in [0.2, 0.25) is 0 Å². The Morgan fingerprint density at radius 1 is 1.39 bits per heavy atom. The topological polar surface area (TPSA) is 21.3 Å². The second kappa shape index (κ2) is 6.24. The molecule has 0 spiro atoms. The van der Waals surface area contributed by atoms with Gasteiger partial charge in [0.05, 0.1) is 0 Å². The average Bonchev–Trinajstić information content (AvgIpc) is 2.25. The van der Waals surface area contributed by atoms with Gasteiger partial charge in [0.15, 0.2) is 0 Å². The van der Waals surface area contributed by atoms with E-state index < -0.39 is 0 Å². The van der Waals surface area contributed by atoms with Crippen molar-refractivity contribution in [2.75, 3.05) is 6.54 Å². The molecule has 1 aromatic carbocycles. The first-order chi connectivity index (χ1) is 8.60. The van der Waals surface area contributed by atoms with Crippen molar-refractivity contribution in [3.8, 4) is 5.75 Å². The molecule has 0 bridgehead atoms. The van der Waals surface area contributed by atoms with Gasteiger partial charge in [-0.15, -0.1) is 0 Å². The standard InChI is InChI=1S/C15H22INO/c1-12(2)17-10-9-15(7-4-8-15)18-14-6-3-5-13(16)11-14/h3,5-6,11-12,17H,4,7-10H2,1-2H3. The lowest BCUT2D eigenvalue weighted by Crippen LogP contribution is -2.45. The van der Waals surface area contributed by atoms with Gasteiger partial charge in [0.2, 0.25) is 0 Å². The molecular weight excluding hydrogens is 337 g/mol. The van der Waals surface area contributed by atoms with E-state index in [0.717, 1.165) is 18.7 Å². The first-order valence-corrected chi connectivity index (χ1v) is 7.85. The number of rotatable bonds is 6. The van der Waals surface area contributed by atoms with Crippen molar-refractivity contribution in [2.24, 2.45) is 0 Å². The minimum atomic E-state index is 0.0896. The molecule has 2 nitrogen and oxygen atoms in total. The molecule has 0 radical (unpaired) electrons. The third kappa shape index (κ3) is 3.85. The fourth-order valence-corrected chi connectivity index (χ4v) is 2.86. The van der Waals surface area contributed by atoms with Gasteiger partial charge in [0.25, 0.3) is 0 Å². The predicted octanol–water partition coefficient (Wildman–Crippen LogP) is 3.98. The highest BCUT2D eigenvalue weighted by Crippen LogP contribution is 2.39. The second-order valence-electron chi connectivity index (χ2n) is 5.45. The van der Waals surface area contributed by atoms with Gasteiger partial charge in [0, 0.05) is 9.61 Å². The minimum Gasteiger partial charge on any atom is -0.487 e. The molecular formula is C15H22INO. The maximum atomic E-state index is 6.26. The fourth-order valence-electron chi connectivity index (χ4n) is 2.34. The molecule has 1 N–H and O–H groups in total. The Labute approximate surface area is 124 Å². The summed E-state index contributed by atoms with van der Waals surface area (Å²) in [5.74, 6) is 1.02. The van der Waals surface area contributed by atoms with Gasteiger partial charge < -0.3 is 10.1 Å². The van der Waals surface area contributed by atoms with E-state index in [2.05, 4.69) is 66.0 Å². The van der Waals surface area contributed by atoms with Crippen molar-refractivity contribution in [2.45, 2.75) is 51.2 Å².